The van der Waals surface area contributed by atoms with Gasteiger partial charge in [-0.15, -0.1) is 11.3 Å². The molecule has 0 atom stereocenters. The third-order valence-corrected chi connectivity index (χ3v) is 8.59. The van der Waals surface area contributed by atoms with Crippen LogP contribution in [0.15, 0.2) is 14.7 Å². The zero-order valence-corrected chi connectivity index (χ0v) is 16.2. The van der Waals surface area contributed by atoms with E-state index in [1.165, 1.54) is 11.3 Å². The Kier molecular flexibility index (Phi) is 6.58. The highest BCUT2D eigenvalue weighted by Gasteiger charge is 2.27. The summed E-state index contributed by atoms with van der Waals surface area (Å²) in [6, 6.07) is 1.82. The highest BCUT2D eigenvalue weighted by atomic mass is 79.9. The summed E-state index contributed by atoms with van der Waals surface area (Å²) in [6.45, 7) is 0.678. The maximum Gasteiger partial charge on any atom is 0.242 e. The lowest BCUT2D eigenvalue weighted by Gasteiger charge is -2.27. The number of halogens is 1. The Hall–Kier alpha value is 0.400. The van der Waals surface area contributed by atoms with Crippen LogP contribution in [0.5, 0.6) is 0 Å². The summed E-state index contributed by atoms with van der Waals surface area (Å²) in [5.74, 6) is 0. The fourth-order valence-electron chi connectivity index (χ4n) is 2.54. The van der Waals surface area contributed by atoms with Crippen molar-refractivity contribution < 1.29 is 8.42 Å². The summed E-state index contributed by atoms with van der Waals surface area (Å²) in [5.41, 5.74) is 0. The van der Waals surface area contributed by atoms with Crippen LogP contribution in [0, 0.1) is 0 Å². The molecule has 0 spiro atoms. The molecule has 1 aromatic rings. The monoisotopic (exact) mass is 412 g/mol. The van der Waals surface area contributed by atoms with Crippen LogP contribution in [0.2, 0.25) is 0 Å². The molecular weight excluding hydrogens is 392 g/mol. The summed E-state index contributed by atoms with van der Waals surface area (Å²) < 4.78 is 28.6. The predicted molar refractivity (Wildman–Crippen MR) is 94.7 cm³/mol. The molecule has 0 amide bonds. The molecule has 2 rings (SSSR count). The highest BCUT2D eigenvalue weighted by molar-refractivity contribution is 9.11. The van der Waals surface area contributed by atoms with Gasteiger partial charge in [0.25, 0.3) is 0 Å². The largest absolute Gasteiger partial charge is 0.315 e. The van der Waals surface area contributed by atoms with Gasteiger partial charge in [-0.25, -0.2) is 13.1 Å². The molecule has 0 bridgehead atoms. The van der Waals surface area contributed by atoms with E-state index in [9.17, 15) is 8.42 Å². The van der Waals surface area contributed by atoms with Crippen molar-refractivity contribution in [3.63, 3.8) is 0 Å². The number of nitrogens with one attached hydrogen (secondary N) is 2. The molecule has 1 aliphatic carbocycles. The molecule has 1 fully saturated rings. The van der Waals surface area contributed by atoms with Gasteiger partial charge >= 0.3 is 0 Å². The fourth-order valence-corrected chi connectivity index (χ4v) is 7.28. The summed E-state index contributed by atoms with van der Waals surface area (Å²) in [5, 5.41) is 3.72. The molecule has 2 N–H and O–H groups in total. The first kappa shape index (κ1) is 17.7. The van der Waals surface area contributed by atoms with Crippen molar-refractivity contribution in [3.05, 3.63) is 14.7 Å². The predicted octanol–water partition coefficient (Wildman–Crippen LogP) is 3.18. The number of hydrogen-bond donors (Lipinski definition) is 2. The Morgan fingerprint density at radius 3 is 2.62 bits per heavy atom. The molecule has 0 unspecified atom stereocenters. The van der Waals surface area contributed by atoms with Gasteiger partial charge in [0.1, 0.15) is 4.90 Å². The van der Waals surface area contributed by atoms with Gasteiger partial charge in [-0.1, -0.05) is 0 Å². The fraction of sp³-hybridized carbons (Fsp3) is 0.692. The quantitative estimate of drug-likeness (QED) is 0.752. The second-order valence-corrected chi connectivity index (χ2v) is 10.5. The van der Waals surface area contributed by atoms with E-state index in [1.54, 1.807) is 6.07 Å². The summed E-state index contributed by atoms with van der Waals surface area (Å²) in [6.07, 6.45) is 6.15. The molecule has 1 heterocycles. The van der Waals surface area contributed by atoms with Crippen molar-refractivity contribution in [1.29, 1.82) is 0 Å². The highest BCUT2D eigenvalue weighted by Crippen LogP contribution is 2.33. The number of sulfonamides is 1. The number of rotatable bonds is 6. The maximum atomic E-state index is 12.5. The SMILES string of the molecule is CNCc1cc(S(=O)(=O)NC2CCC(SC)CC2)c(Br)s1. The average Bonchev–Trinajstić information content (AvgIpc) is 2.81. The zero-order valence-electron chi connectivity index (χ0n) is 12.2. The first-order chi connectivity index (χ1) is 9.96. The van der Waals surface area contributed by atoms with Gasteiger partial charge in [0.2, 0.25) is 10.0 Å². The van der Waals surface area contributed by atoms with E-state index in [1.807, 2.05) is 18.8 Å². The van der Waals surface area contributed by atoms with E-state index >= 15 is 0 Å². The van der Waals surface area contributed by atoms with Crippen molar-refractivity contribution in [2.45, 2.75) is 48.4 Å². The summed E-state index contributed by atoms with van der Waals surface area (Å²) in [4.78, 5) is 1.38. The number of thioether (sulfide) groups is 1. The zero-order chi connectivity index (χ0) is 15.5. The Bertz CT molecular complexity index is 566. The number of thiophene rings is 1. The van der Waals surface area contributed by atoms with Crippen LogP contribution in [-0.2, 0) is 16.6 Å². The smallest absolute Gasteiger partial charge is 0.242 e. The lowest BCUT2D eigenvalue weighted by atomic mass is 9.96. The van der Waals surface area contributed by atoms with Crippen LogP contribution < -0.4 is 10.0 Å². The summed E-state index contributed by atoms with van der Waals surface area (Å²) >= 11 is 6.72. The minimum Gasteiger partial charge on any atom is -0.315 e. The standard InChI is InChI=1S/C13H21BrN2O2S3/c1-15-8-11-7-12(13(14)20-11)21(17,18)16-9-3-5-10(19-2)6-4-9/h7,9-10,15-16H,3-6,8H2,1-2H3. The Morgan fingerprint density at radius 1 is 1.38 bits per heavy atom. The lowest BCUT2D eigenvalue weighted by Crippen LogP contribution is -2.38. The third kappa shape index (κ3) is 4.68. The molecular formula is C13H21BrN2O2S3. The third-order valence-electron chi connectivity index (χ3n) is 3.68. The van der Waals surface area contributed by atoms with E-state index in [4.69, 9.17) is 0 Å². The minimum absolute atomic E-state index is 0.0675. The van der Waals surface area contributed by atoms with Crippen molar-refractivity contribution in [1.82, 2.24) is 10.0 Å². The van der Waals surface area contributed by atoms with Crippen LogP contribution in [-0.4, -0.2) is 33.0 Å². The van der Waals surface area contributed by atoms with Crippen LogP contribution in [0.4, 0.5) is 0 Å². The maximum absolute atomic E-state index is 12.5. The van der Waals surface area contributed by atoms with Crippen molar-refractivity contribution >= 4 is 49.1 Å². The molecule has 120 valence electrons. The molecule has 0 saturated heterocycles. The first-order valence-electron chi connectivity index (χ1n) is 6.94. The van der Waals surface area contributed by atoms with Crippen LogP contribution >= 0.6 is 39.0 Å². The first-order valence-corrected chi connectivity index (χ1v) is 11.3. The van der Waals surface area contributed by atoms with E-state index in [2.05, 4.69) is 32.2 Å². The van der Waals surface area contributed by atoms with E-state index < -0.39 is 10.0 Å². The van der Waals surface area contributed by atoms with Gasteiger partial charge < -0.3 is 5.32 Å². The topological polar surface area (TPSA) is 58.2 Å². The molecule has 0 radical (unpaired) electrons. The molecule has 0 aliphatic heterocycles. The van der Waals surface area contributed by atoms with Gasteiger partial charge in [0.05, 0.1) is 3.79 Å². The Labute approximate surface area is 143 Å². The van der Waals surface area contributed by atoms with Crippen molar-refractivity contribution in [2.24, 2.45) is 0 Å². The minimum atomic E-state index is -3.43. The van der Waals surface area contributed by atoms with Gasteiger partial charge in [0.15, 0.2) is 0 Å². The van der Waals surface area contributed by atoms with Gasteiger partial charge in [0, 0.05) is 22.7 Å². The molecule has 1 saturated carbocycles. The van der Waals surface area contributed by atoms with Crippen LogP contribution in [0.25, 0.3) is 0 Å². The van der Waals surface area contributed by atoms with E-state index in [0.717, 1.165) is 30.6 Å². The summed E-state index contributed by atoms with van der Waals surface area (Å²) in [7, 11) is -1.58. The lowest BCUT2D eigenvalue weighted by molar-refractivity contribution is 0.420. The Balaban J connectivity index is 2.05. The second-order valence-electron chi connectivity index (χ2n) is 5.21. The normalized spacial score (nSPS) is 23.4. The molecule has 1 aliphatic rings. The number of hydrogen-bond acceptors (Lipinski definition) is 5. The van der Waals surface area contributed by atoms with Gasteiger partial charge in [-0.2, -0.15) is 11.8 Å². The van der Waals surface area contributed by atoms with E-state index in [-0.39, 0.29) is 6.04 Å². The molecule has 8 heteroatoms. The van der Waals surface area contributed by atoms with Crippen LogP contribution in [0.1, 0.15) is 30.6 Å². The van der Waals surface area contributed by atoms with Gasteiger partial charge in [-0.05, 0) is 61.0 Å². The van der Waals surface area contributed by atoms with Crippen molar-refractivity contribution in [3.8, 4) is 0 Å². The van der Waals surface area contributed by atoms with Gasteiger partial charge in [-0.3, -0.25) is 0 Å². The van der Waals surface area contributed by atoms with Crippen molar-refractivity contribution in [2.75, 3.05) is 13.3 Å². The van der Waals surface area contributed by atoms with E-state index in [0.29, 0.717) is 20.5 Å². The molecule has 21 heavy (non-hydrogen) atoms. The van der Waals surface area contributed by atoms with Crippen LogP contribution in [0.3, 0.4) is 0 Å². The Morgan fingerprint density at radius 2 is 2.05 bits per heavy atom. The molecule has 4 nitrogen and oxygen atoms in total. The second kappa shape index (κ2) is 7.79. The molecule has 0 aromatic carbocycles. The molecule has 1 aromatic heterocycles. The average molecular weight is 413 g/mol.